The summed E-state index contributed by atoms with van der Waals surface area (Å²) in [7, 11) is 3.08. The predicted molar refractivity (Wildman–Crippen MR) is 133 cm³/mol. The minimum absolute atomic E-state index is 0.119. The number of benzene rings is 3. The van der Waals surface area contributed by atoms with Crippen LogP contribution in [0.1, 0.15) is 21.6 Å². The van der Waals surface area contributed by atoms with E-state index in [1.165, 1.54) is 12.0 Å². The summed E-state index contributed by atoms with van der Waals surface area (Å²) in [4.78, 5) is 41.5. The third kappa shape index (κ3) is 5.17. The Hall–Kier alpha value is -4.17. The van der Waals surface area contributed by atoms with Gasteiger partial charge in [-0.15, -0.1) is 0 Å². The number of rotatable bonds is 7. The van der Waals surface area contributed by atoms with Gasteiger partial charge in [0.15, 0.2) is 0 Å². The highest BCUT2D eigenvalue weighted by Gasteiger charge is 2.24. The van der Waals surface area contributed by atoms with Crippen LogP contribution < -0.4 is 16.0 Å². The number of methoxy groups -OCH3 is 1. The summed E-state index contributed by atoms with van der Waals surface area (Å²) < 4.78 is 7.26. The Labute approximate surface area is 206 Å². The highest BCUT2D eigenvalue weighted by atomic mass is 35.5. The number of carbonyl (C=O) groups excluding carboxylic acids is 1. The number of halogens is 1. The molecule has 0 N–H and O–H groups in total. The van der Waals surface area contributed by atoms with E-state index in [0.717, 1.165) is 14.8 Å². The highest BCUT2D eigenvalue weighted by Crippen LogP contribution is 2.17. The first-order chi connectivity index (χ1) is 16.9. The fourth-order valence-corrected chi connectivity index (χ4v) is 3.80. The molecule has 0 atom stereocenters. The summed E-state index contributed by atoms with van der Waals surface area (Å²) in [6.45, 7) is 0.149. The van der Waals surface area contributed by atoms with Crippen LogP contribution in [0.15, 0.2) is 88.5 Å². The Morgan fingerprint density at radius 1 is 1.00 bits per heavy atom. The Balaban J connectivity index is 1.85. The summed E-state index contributed by atoms with van der Waals surface area (Å²) in [5.74, 6) is -0.113. The zero-order chi connectivity index (χ0) is 24.9. The molecule has 9 heteroatoms. The molecule has 1 heterocycles. The molecule has 0 fully saturated rings. The van der Waals surface area contributed by atoms with Gasteiger partial charge in [0.05, 0.1) is 19.3 Å². The molecule has 0 aliphatic heterocycles. The summed E-state index contributed by atoms with van der Waals surface area (Å²) in [5, 5.41) is 4.60. The van der Waals surface area contributed by atoms with Gasteiger partial charge in [-0.25, -0.2) is 4.79 Å². The minimum Gasteiger partial charge on any atom is -0.497 e. The van der Waals surface area contributed by atoms with Gasteiger partial charge >= 0.3 is 5.69 Å². The molecule has 1 amide bonds. The van der Waals surface area contributed by atoms with Crippen molar-refractivity contribution in [2.45, 2.75) is 13.1 Å². The van der Waals surface area contributed by atoms with Gasteiger partial charge in [0.2, 0.25) is 5.69 Å². The lowest BCUT2D eigenvalue weighted by atomic mass is 10.2. The Bertz CT molecular complexity index is 1480. The van der Waals surface area contributed by atoms with Gasteiger partial charge < -0.3 is 9.64 Å². The van der Waals surface area contributed by atoms with Crippen molar-refractivity contribution >= 4 is 17.5 Å². The lowest BCUT2D eigenvalue weighted by Gasteiger charge is -2.18. The van der Waals surface area contributed by atoms with E-state index in [-0.39, 0.29) is 18.8 Å². The van der Waals surface area contributed by atoms with Crippen LogP contribution in [0.4, 0.5) is 0 Å². The molecular weight excluding hydrogens is 468 g/mol. The molecular formula is C26H23ClN4O4. The molecule has 1 aromatic heterocycles. The first kappa shape index (κ1) is 24.0. The normalized spacial score (nSPS) is 10.7. The number of nitrogens with zero attached hydrogens (tertiary/aromatic N) is 4. The SMILES string of the molecule is COc1cccc(-n2nc(C(=O)N(C)Cc3ccccc3)c(=O)n(Cc3ccccc3Cl)c2=O)c1. The van der Waals surface area contributed by atoms with E-state index in [9.17, 15) is 14.4 Å². The summed E-state index contributed by atoms with van der Waals surface area (Å²) >= 11 is 6.29. The fourth-order valence-electron chi connectivity index (χ4n) is 3.61. The average molecular weight is 491 g/mol. The zero-order valence-electron chi connectivity index (χ0n) is 19.2. The van der Waals surface area contributed by atoms with E-state index in [0.29, 0.717) is 22.0 Å². The molecule has 0 saturated carbocycles. The fraction of sp³-hybridized carbons (Fsp3) is 0.154. The molecule has 8 nitrogen and oxygen atoms in total. The van der Waals surface area contributed by atoms with Gasteiger partial charge in [-0.1, -0.05) is 66.2 Å². The third-order valence-corrected chi connectivity index (χ3v) is 5.82. The van der Waals surface area contributed by atoms with Crippen LogP contribution in [0.2, 0.25) is 5.02 Å². The molecule has 0 spiro atoms. The van der Waals surface area contributed by atoms with Crippen molar-refractivity contribution in [3.05, 3.63) is 122 Å². The highest BCUT2D eigenvalue weighted by molar-refractivity contribution is 6.31. The average Bonchev–Trinajstić information content (AvgIpc) is 2.88. The lowest BCUT2D eigenvalue weighted by molar-refractivity contribution is 0.0773. The number of carbonyl (C=O) groups is 1. The van der Waals surface area contributed by atoms with Crippen LogP contribution in [0.3, 0.4) is 0 Å². The molecule has 178 valence electrons. The van der Waals surface area contributed by atoms with Crippen molar-refractivity contribution in [1.82, 2.24) is 19.2 Å². The van der Waals surface area contributed by atoms with Crippen LogP contribution in [0, 0.1) is 0 Å². The van der Waals surface area contributed by atoms with E-state index in [2.05, 4.69) is 5.10 Å². The van der Waals surface area contributed by atoms with Crippen molar-refractivity contribution < 1.29 is 9.53 Å². The maximum absolute atomic E-state index is 13.4. The molecule has 4 aromatic rings. The quantitative estimate of drug-likeness (QED) is 0.396. The number of hydrogen-bond acceptors (Lipinski definition) is 5. The summed E-state index contributed by atoms with van der Waals surface area (Å²) in [6.07, 6.45) is 0. The Kier molecular flexibility index (Phi) is 7.12. The van der Waals surface area contributed by atoms with Crippen molar-refractivity contribution in [3.63, 3.8) is 0 Å². The second-order valence-electron chi connectivity index (χ2n) is 7.87. The van der Waals surface area contributed by atoms with E-state index < -0.39 is 17.2 Å². The smallest absolute Gasteiger partial charge is 0.352 e. The van der Waals surface area contributed by atoms with Gasteiger partial charge in [0, 0.05) is 24.7 Å². The van der Waals surface area contributed by atoms with Gasteiger partial charge in [0.25, 0.3) is 11.5 Å². The maximum atomic E-state index is 13.4. The molecule has 0 aliphatic carbocycles. The number of hydrogen-bond donors (Lipinski definition) is 0. The van der Waals surface area contributed by atoms with Crippen molar-refractivity contribution in [2.75, 3.05) is 14.2 Å². The largest absolute Gasteiger partial charge is 0.497 e. The van der Waals surface area contributed by atoms with Crippen molar-refractivity contribution in [1.29, 1.82) is 0 Å². The van der Waals surface area contributed by atoms with E-state index in [1.54, 1.807) is 55.6 Å². The minimum atomic E-state index is -0.793. The first-order valence-corrected chi connectivity index (χ1v) is 11.2. The number of ether oxygens (including phenoxy) is 1. The maximum Gasteiger partial charge on any atom is 0.352 e. The van der Waals surface area contributed by atoms with Gasteiger partial charge in [0.1, 0.15) is 5.75 Å². The Morgan fingerprint density at radius 2 is 1.71 bits per heavy atom. The van der Waals surface area contributed by atoms with Gasteiger partial charge in [-0.3, -0.25) is 14.2 Å². The second-order valence-corrected chi connectivity index (χ2v) is 8.28. The molecule has 0 aliphatic rings. The van der Waals surface area contributed by atoms with Crippen LogP contribution in [-0.4, -0.2) is 39.3 Å². The molecule has 4 rings (SSSR count). The monoisotopic (exact) mass is 490 g/mol. The molecule has 0 unspecified atom stereocenters. The van der Waals surface area contributed by atoms with Gasteiger partial charge in [-0.05, 0) is 29.3 Å². The van der Waals surface area contributed by atoms with Crippen molar-refractivity contribution in [3.8, 4) is 11.4 Å². The predicted octanol–water partition coefficient (Wildman–Crippen LogP) is 3.38. The molecule has 35 heavy (non-hydrogen) atoms. The van der Waals surface area contributed by atoms with E-state index in [4.69, 9.17) is 16.3 Å². The zero-order valence-corrected chi connectivity index (χ0v) is 20.0. The topological polar surface area (TPSA) is 86.4 Å². The van der Waals surface area contributed by atoms with Crippen LogP contribution in [0.25, 0.3) is 5.69 Å². The lowest BCUT2D eigenvalue weighted by Crippen LogP contribution is -2.46. The van der Waals surface area contributed by atoms with Crippen LogP contribution >= 0.6 is 11.6 Å². The first-order valence-electron chi connectivity index (χ1n) is 10.8. The van der Waals surface area contributed by atoms with Crippen molar-refractivity contribution in [2.24, 2.45) is 0 Å². The third-order valence-electron chi connectivity index (χ3n) is 5.46. The number of aromatic nitrogens is 3. The standard InChI is InChI=1S/C26H23ClN4O4/c1-29(16-18-9-4-3-5-10-18)24(32)23-25(33)30(17-19-11-6-7-14-22(19)27)26(34)31(28-23)20-12-8-13-21(15-20)35-2/h3-15H,16-17H2,1-2H3. The summed E-state index contributed by atoms with van der Waals surface area (Å²) in [5.41, 5.74) is -0.0713. The Morgan fingerprint density at radius 3 is 2.43 bits per heavy atom. The number of amides is 1. The second kappa shape index (κ2) is 10.4. The van der Waals surface area contributed by atoms with Crippen LogP contribution in [-0.2, 0) is 13.1 Å². The molecule has 0 radical (unpaired) electrons. The van der Waals surface area contributed by atoms with E-state index >= 15 is 0 Å². The van der Waals surface area contributed by atoms with Gasteiger partial charge in [-0.2, -0.15) is 9.78 Å². The molecule has 0 saturated heterocycles. The molecule has 3 aromatic carbocycles. The summed E-state index contributed by atoms with van der Waals surface area (Å²) in [6, 6.07) is 22.9. The van der Waals surface area contributed by atoms with E-state index in [1.807, 2.05) is 30.3 Å². The van der Waals surface area contributed by atoms with Crippen LogP contribution in [0.5, 0.6) is 5.75 Å². The molecule has 0 bridgehead atoms.